The summed E-state index contributed by atoms with van der Waals surface area (Å²) in [5.41, 5.74) is 0.662. The van der Waals surface area contributed by atoms with Crippen LogP contribution in [-0.4, -0.2) is 27.8 Å². The van der Waals surface area contributed by atoms with E-state index in [1.807, 2.05) is 0 Å². The number of halogens is 1. The Bertz CT molecular complexity index is 1250. The highest BCUT2D eigenvalue weighted by Crippen LogP contribution is 2.17. The van der Waals surface area contributed by atoms with Gasteiger partial charge in [0.05, 0.1) is 10.5 Å². The predicted molar refractivity (Wildman–Crippen MR) is 125 cm³/mol. The molecule has 2 amide bonds. The fraction of sp³-hybridized carbons (Fsp3) is 0. The van der Waals surface area contributed by atoms with Crippen LogP contribution in [0, 0.1) is 10.1 Å². The van der Waals surface area contributed by atoms with E-state index in [9.17, 15) is 24.5 Å². The molecule has 0 saturated carbocycles. The molecular formula is C23H16BrN3O6. The van der Waals surface area contributed by atoms with E-state index < -0.39 is 22.7 Å². The third kappa shape index (κ3) is 6.34. The lowest BCUT2D eigenvalue weighted by molar-refractivity contribution is -0.384. The highest BCUT2D eigenvalue weighted by molar-refractivity contribution is 9.10. The number of benzene rings is 3. The Hall–Kier alpha value is -4.31. The molecule has 0 saturated heterocycles. The van der Waals surface area contributed by atoms with E-state index in [2.05, 4.69) is 26.6 Å². The first-order valence-corrected chi connectivity index (χ1v) is 10.2. The molecular weight excluding hydrogens is 494 g/mol. The van der Waals surface area contributed by atoms with Gasteiger partial charge in [0.1, 0.15) is 5.70 Å². The van der Waals surface area contributed by atoms with Gasteiger partial charge in [-0.05, 0) is 66.2 Å². The molecule has 0 spiro atoms. The Morgan fingerprint density at radius 2 is 1.61 bits per heavy atom. The minimum atomic E-state index is -1.16. The molecule has 0 bridgehead atoms. The van der Waals surface area contributed by atoms with E-state index in [0.717, 1.165) is 4.47 Å². The molecule has 10 heteroatoms. The quantitative estimate of drug-likeness (QED) is 0.244. The van der Waals surface area contributed by atoms with Crippen LogP contribution in [0.4, 0.5) is 11.4 Å². The molecule has 0 aromatic heterocycles. The van der Waals surface area contributed by atoms with Crippen molar-refractivity contribution >= 4 is 51.2 Å². The van der Waals surface area contributed by atoms with Gasteiger partial charge in [0.15, 0.2) is 0 Å². The SMILES string of the molecule is O=C(Nc1cccc(C(=O)O)c1)/C(=C\c1ccc([N+](=O)[O-])cc1)NC(=O)c1ccc(Br)cc1. The first-order valence-electron chi connectivity index (χ1n) is 9.41. The number of nitrogens with one attached hydrogen (secondary N) is 2. The number of aromatic carboxylic acids is 1. The van der Waals surface area contributed by atoms with Crippen molar-refractivity contribution in [2.24, 2.45) is 0 Å². The number of hydrogen-bond acceptors (Lipinski definition) is 5. The summed E-state index contributed by atoms with van der Waals surface area (Å²) in [6, 6.07) is 17.5. The zero-order chi connectivity index (χ0) is 24.0. The number of hydrogen-bond donors (Lipinski definition) is 3. The molecule has 3 aromatic rings. The number of non-ortho nitro benzene ring substituents is 1. The molecule has 0 aliphatic rings. The van der Waals surface area contributed by atoms with Crippen molar-refractivity contribution in [2.75, 3.05) is 5.32 Å². The number of carboxylic acids is 1. The monoisotopic (exact) mass is 509 g/mol. The zero-order valence-electron chi connectivity index (χ0n) is 16.8. The Balaban J connectivity index is 1.91. The topological polar surface area (TPSA) is 139 Å². The van der Waals surface area contributed by atoms with Gasteiger partial charge in [0.25, 0.3) is 17.5 Å². The average molecular weight is 510 g/mol. The first-order chi connectivity index (χ1) is 15.7. The van der Waals surface area contributed by atoms with Crippen molar-refractivity contribution in [3.8, 4) is 0 Å². The molecule has 33 heavy (non-hydrogen) atoms. The highest BCUT2D eigenvalue weighted by Gasteiger charge is 2.16. The summed E-state index contributed by atoms with van der Waals surface area (Å²) in [7, 11) is 0. The maximum absolute atomic E-state index is 12.9. The van der Waals surface area contributed by atoms with Gasteiger partial charge in [-0.3, -0.25) is 19.7 Å². The summed E-state index contributed by atoms with van der Waals surface area (Å²) in [5, 5.41) is 25.1. The van der Waals surface area contributed by atoms with Crippen molar-refractivity contribution < 1.29 is 24.4 Å². The van der Waals surface area contributed by atoms with Crippen molar-refractivity contribution in [3.63, 3.8) is 0 Å². The summed E-state index contributed by atoms with van der Waals surface area (Å²) < 4.78 is 0.775. The second kappa shape index (κ2) is 10.3. The molecule has 3 N–H and O–H groups in total. The number of carbonyl (C=O) groups is 3. The summed E-state index contributed by atoms with van der Waals surface area (Å²) in [6.45, 7) is 0. The predicted octanol–water partition coefficient (Wildman–Crippen LogP) is 4.47. The largest absolute Gasteiger partial charge is 0.478 e. The van der Waals surface area contributed by atoms with E-state index >= 15 is 0 Å². The zero-order valence-corrected chi connectivity index (χ0v) is 18.4. The van der Waals surface area contributed by atoms with E-state index in [1.165, 1.54) is 54.6 Å². The second-order valence-corrected chi connectivity index (χ2v) is 7.62. The summed E-state index contributed by atoms with van der Waals surface area (Å²) in [6.07, 6.45) is 1.36. The normalized spacial score (nSPS) is 10.9. The molecule has 3 rings (SSSR count). The Kier molecular flexibility index (Phi) is 7.31. The van der Waals surface area contributed by atoms with Gasteiger partial charge >= 0.3 is 5.97 Å². The Morgan fingerprint density at radius 3 is 2.21 bits per heavy atom. The van der Waals surface area contributed by atoms with E-state index in [1.54, 1.807) is 24.3 Å². The van der Waals surface area contributed by atoms with Gasteiger partial charge in [0, 0.05) is 27.9 Å². The molecule has 0 atom stereocenters. The standard InChI is InChI=1S/C23H16BrN3O6/c24-17-8-6-15(7-9-17)21(28)26-20(12-14-4-10-19(11-5-14)27(32)33)22(29)25-18-3-1-2-16(13-18)23(30)31/h1-13H,(H,25,29)(H,26,28)(H,30,31)/b20-12+. The van der Waals surface area contributed by atoms with E-state index in [-0.39, 0.29) is 22.6 Å². The number of nitro groups is 1. The minimum absolute atomic E-state index is 0.0207. The summed E-state index contributed by atoms with van der Waals surface area (Å²) >= 11 is 3.28. The van der Waals surface area contributed by atoms with Crippen LogP contribution in [-0.2, 0) is 4.79 Å². The third-order valence-electron chi connectivity index (χ3n) is 4.38. The van der Waals surface area contributed by atoms with Crippen molar-refractivity contribution in [1.82, 2.24) is 5.32 Å². The number of anilines is 1. The van der Waals surface area contributed by atoms with Gasteiger partial charge < -0.3 is 15.7 Å². The Morgan fingerprint density at radius 1 is 0.939 bits per heavy atom. The number of carbonyl (C=O) groups excluding carboxylic acids is 2. The third-order valence-corrected chi connectivity index (χ3v) is 4.91. The molecule has 0 radical (unpaired) electrons. The van der Waals surface area contributed by atoms with Crippen molar-refractivity contribution in [1.29, 1.82) is 0 Å². The maximum atomic E-state index is 12.9. The molecule has 0 heterocycles. The maximum Gasteiger partial charge on any atom is 0.335 e. The lowest BCUT2D eigenvalue weighted by atomic mass is 10.1. The number of nitrogens with zero attached hydrogens (tertiary/aromatic N) is 1. The lowest BCUT2D eigenvalue weighted by Gasteiger charge is -2.12. The van der Waals surface area contributed by atoms with Crippen LogP contribution in [0.3, 0.4) is 0 Å². The van der Waals surface area contributed by atoms with Crippen molar-refractivity contribution in [2.45, 2.75) is 0 Å². The van der Waals surface area contributed by atoms with Gasteiger partial charge in [-0.25, -0.2) is 4.79 Å². The number of nitro benzene ring substituents is 1. The second-order valence-electron chi connectivity index (χ2n) is 6.71. The van der Waals surface area contributed by atoms with Crippen LogP contribution in [0.15, 0.2) is 83.0 Å². The smallest absolute Gasteiger partial charge is 0.335 e. The van der Waals surface area contributed by atoms with Crippen LogP contribution in [0.5, 0.6) is 0 Å². The highest BCUT2D eigenvalue weighted by atomic mass is 79.9. The Labute approximate surface area is 196 Å². The van der Waals surface area contributed by atoms with Crippen LogP contribution in [0.1, 0.15) is 26.3 Å². The van der Waals surface area contributed by atoms with Gasteiger partial charge in [-0.2, -0.15) is 0 Å². The summed E-state index contributed by atoms with van der Waals surface area (Å²) in [5.74, 6) is -2.41. The van der Waals surface area contributed by atoms with Gasteiger partial charge in [-0.15, -0.1) is 0 Å². The van der Waals surface area contributed by atoms with Crippen LogP contribution >= 0.6 is 15.9 Å². The minimum Gasteiger partial charge on any atom is -0.478 e. The molecule has 3 aromatic carbocycles. The van der Waals surface area contributed by atoms with Crippen LogP contribution in [0.25, 0.3) is 6.08 Å². The van der Waals surface area contributed by atoms with Gasteiger partial charge in [0.2, 0.25) is 0 Å². The fourth-order valence-corrected chi connectivity index (χ4v) is 3.01. The molecule has 0 aliphatic carbocycles. The number of rotatable bonds is 7. The number of carboxylic acid groups (broad SMARTS) is 1. The van der Waals surface area contributed by atoms with E-state index in [4.69, 9.17) is 5.11 Å². The number of amides is 2. The van der Waals surface area contributed by atoms with Gasteiger partial charge in [-0.1, -0.05) is 22.0 Å². The first kappa shape index (κ1) is 23.4. The summed E-state index contributed by atoms with van der Waals surface area (Å²) in [4.78, 5) is 47.1. The lowest BCUT2D eigenvalue weighted by Crippen LogP contribution is -2.30. The fourth-order valence-electron chi connectivity index (χ4n) is 2.74. The van der Waals surface area contributed by atoms with E-state index in [0.29, 0.717) is 11.1 Å². The van der Waals surface area contributed by atoms with Crippen LogP contribution < -0.4 is 10.6 Å². The molecule has 0 unspecified atom stereocenters. The van der Waals surface area contributed by atoms with Crippen LogP contribution in [0.2, 0.25) is 0 Å². The molecule has 0 fully saturated rings. The van der Waals surface area contributed by atoms with Crippen molar-refractivity contribution in [3.05, 3.63) is 110 Å². The average Bonchev–Trinajstić information content (AvgIpc) is 2.79. The molecule has 166 valence electrons. The molecule has 9 nitrogen and oxygen atoms in total. The molecule has 0 aliphatic heterocycles.